The molecular formula is C22H30N2O4S. The van der Waals surface area contributed by atoms with Crippen LogP contribution in [0.1, 0.15) is 31.4 Å². The molecule has 6 nitrogen and oxygen atoms in total. The molecule has 0 aliphatic heterocycles. The Bertz CT molecular complexity index is 891. The van der Waals surface area contributed by atoms with Gasteiger partial charge < -0.3 is 10.1 Å². The minimum atomic E-state index is -3.63. The third-order valence-corrected chi connectivity index (χ3v) is 6.24. The fourth-order valence-electron chi connectivity index (χ4n) is 2.70. The van der Waals surface area contributed by atoms with Crippen LogP contribution >= 0.6 is 0 Å². The summed E-state index contributed by atoms with van der Waals surface area (Å²) in [6.07, 6.45) is 1.21. The average Bonchev–Trinajstić information content (AvgIpc) is 2.68. The Labute approximate surface area is 173 Å². The molecule has 0 aliphatic rings. The molecule has 0 saturated heterocycles. The molecular weight excluding hydrogens is 388 g/mol. The Morgan fingerprint density at radius 1 is 1.07 bits per heavy atom. The van der Waals surface area contributed by atoms with Gasteiger partial charge in [0, 0.05) is 20.2 Å². The molecule has 158 valence electrons. The topological polar surface area (TPSA) is 75.7 Å². The zero-order valence-corrected chi connectivity index (χ0v) is 18.3. The standard InChI is InChI=1S/C22H30N2O4S/c1-17(2)28-15-5-14-23-22(25)16-19-8-10-20(11-9-19)24(4)29(26,27)21-12-6-18(3)7-13-21/h6-13,17H,5,14-16H2,1-4H3,(H,23,25). The highest BCUT2D eigenvalue weighted by Gasteiger charge is 2.21. The number of amides is 1. The molecule has 1 N–H and O–H groups in total. The smallest absolute Gasteiger partial charge is 0.264 e. The molecule has 0 unspecified atom stereocenters. The SMILES string of the molecule is Cc1ccc(S(=O)(=O)N(C)c2ccc(CC(=O)NCCCOC(C)C)cc2)cc1. The normalized spacial score (nSPS) is 11.5. The monoisotopic (exact) mass is 418 g/mol. The summed E-state index contributed by atoms with van der Waals surface area (Å²) in [5.41, 5.74) is 2.37. The van der Waals surface area contributed by atoms with E-state index in [2.05, 4.69) is 5.32 Å². The van der Waals surface area contributed by atoms with Crippen LogP contribution in [0.2, 0.25) is 0 Å². The predicted octanol–water partition coefficient (Wildman–Crippen LogP) is 3.29. The molecule has 1 amide bonds. The van der Waals surface area contributed by atoms with Crippen molar-refractivity contribution in [2.75, 3.05) is 24.5 Å². The van der Waals surface area contributed by atoms with Gasteiger partial charge in [-0.15, -0.1) is 0 Å². The molecule has 0 radical (unpaired) electrons. The summed E-state index contributed by atoms with van der Waals surface area (Å²) in [7, 11) is -2.10. The van der Waals surface area contributed by atoms with Crippen LogP contribution < -0.4 is 9.62 Å². The minimum Gasteiger partial charge on any atom is -0.379 e. The van der Waals surface area contributed by atoms with Gasteiger partial charge in [0.25, 0.3) is 10.0 Å². The second-order valence-electron chi connectivity index (χ2n) is 7.25. The maximum Gasteiger partial charge on any atom is 0.264 e. The van der Waals surface area contributed by atoms with Gasteiger partial charge in [-0.2, -0.15) is 0 Å². The van der Waals surface area contributed by atoms with Crippen LogP contribution in [0.4, 0.5) is 5.69 Å². The van der Waals surface area contributed by atoms with Gasteiger partial charge in [0.2, 0.25) is 5.91 Å². The number of rotatable bonds is 10. The molecule has 2 rings (SSSR count). The van der Waals surface area contributed by atoms with E-state index >= 15 is 0 Å². The summed E-state index contributed by atoms with van der Waals surface area (Å²) >= 11 is 0. The van der Waals surface area contributed by atoms with Crippen LogP contribution in [0.15, 0.2) is 53.4 Å². The van der Waals surface area contributed by atoms with E-state index in [1.165, 1.54) is 11.4 Å². The fraction of sp³-hybridized carbons (Fsp3) is 0.409. The van der Waals surface area contributed by atoms with Crippen LogP contribution in [0.25, 0.3) is 0 Å². The summed E-state index contributed by atoms with van der Waals surface area (Å²) in [6, 6.07) is 13.7. The predicted molar refractivity (Wildman–Crippen MR) is 116 cm³/mol. The number of hydrogen-bond acceptors (Lipinski definition) is 4. The van der Waals surface area contributed by atoms with Crippen molar-refractivity contribution in [2.45, 2.75) is 44.6 Å². The number of carbonyl (C=O) groups excluding carboxylic acids is 1. The molecule has 0 heterocycles. The first-order chi connectivity index (χ1) is 13.7. The number of sulfonamides is 1. The highest BCUT2D eigenvalue weighted by Crippen LogP contribution is 2.22. The maximum atomic E-state index is 12.8. The van der Waals surface area contributed by atoms with Crippen molar-refractivity contribution in [3.05, 3.63) is 59.7 Å². The van der Waals surface area contributed by atoms with Crippen molar-refractivity contribution < 1.29 is 17.9 Å². The average molecular weight is 419 g/mol. The Morgan fingerprint density at radius 3 is 2.28 bits per heavy atom. The van der Waals surface area contributed by atoms with Gasteiger partial charge in [-0.05, 0) is 57.0 Å². The third-order valence-electron chi connectivity index (χ3n) is 4.44. The van der Waals surface area contributed by atoms with E-state index in [4.69, 9.17) is 4.74 Å². The van der Waals surface area contributed by atoms with Gasteiger partial charge in [0.1, 0.15) is 0 Å². The van der Waals surface area contributed by atoms with Crippen LogP contribution in [0, 0.1) is 6.92 Å². The molecule has 0 spiro atoms. The van der Waals surface area contributed by atoms with Crippen LogP contribution in [-0.4, -0.2) is 40.6 Å². The first-order valence-corrected chi connectivity index (χ1v) is 11.2. The minimum absolute atomic E-state index is 0.0667. The molecule has 29 heavy (non-hydrogen) atoms. The zero-order valence-electron chi connectivity index (χ0n) is 17.5. The lowest BCUT2D eigenvalue weighted by molar-refractivity contribution is -0.120. The van der Waals surface area contributed by atoms with Gasteiger partial charge >= 0.3 is 0 Å². The van der Waals surface area contributed by atoms with Crippen molar-refractivity contribution in [1.82, 2.24) is 5.32 Å². The summed E-state index contributed by atoms with van der Waals surface area (Å²) in [4.78, 5) is 12.3. The number of nitrogens with zero attached hydrogens (tertiary/aromatic N) is 1. The molecule has 0 fully saturated rings. The number of ether oxygens (including phenoxy) is 1. The number of aryl methyl sites for hydroxylation is 1. The van der Waals surface area contributed by atoms with E-state index in [1.807, 2.05) is 20.8 Å². The number of nitrogens with one attached hydrogen (secondary N) is 1. The molecule has 7 heteroatoms. The number of benzene rings is 2. The highest BCUT2D eigenvalue weighted by atomic mass is 32.2. The van der Waals surface area contributed by atoms with Crippen molar-refractivity contribution in [2.24, 2.45) is 0 Å². The number of carbonyl (C=O) groups is 1. The van der Waals surface area contributed by atoms with E-state index in [9.17, 15) is 13.2 Å². The maximum absolute atomic E-state index is 12.8. The molecule has 0 atom stereocenters. The molecule has 0 aliphatic carbocycles. The summed E-state index contributed by atoms with van der Waals surface area (Å²) in [6.45, 7) is 7.06. The Morgan fingerprint density at radius 2 is 1.69 bits per heavy atom. The lowest BCUT2D eigenvalue weighted by Gasteiger charge is -2.20. The third kappa shape index (κ3) is 6.87. The molecule has 0 saturated carbocycles. The zero-order chi connectivity index (χ0) is 21.4. The van der Waals surface area contributed by atoms with Crippen molar-refractivity contribution in [1.29, 1.82) is 0 Å². The van der Waals surface area contributed by atoms with Gasteiger partial charge in [-0.3, -0.25) is 9.10 Å². The Hall–Kier alpha value is -2.38. The van der Waals surface area contributed by atoms with Gasteiger partial charge in [-0.25, -0.2) is 8.42 Å². The van der Waals surface area contributed by atoms with E-state index in [0.717, 1.165) is 17.5 Å². The Balaban J connectivity index is 1.92. The summed E-state index contributed by atoms with van der Waals surface area (Å²) in [5, 5.41) is 2.87. The van der Waals surface area contributed by atoms with Gasteiger partial charge in [-0.1, -0.05) is 29.8 Å². The quantitative estimate of drug-likeness (QED) is 0.601. The lowest BCUT2D eigenvalue weighted by atomic mass is 10.1. The van der Waals surface area contributed by atoms with E-state index in [1.54, 1.807) is 48.5 Å². The van der Waals surface area contributed by atoms with Crippen LogP contribution in [0.3, 0.4) is 0 Å². The fourth-order valence-corrected chi connectivity index (χ4v) is 3.89. The molecule has 2 aromatic carbocycles. The number of anilines is 1. The summed E-state index contributed by atoms with van der Waals surface area (Å²) < 4.78 is 32.2. The number of hydrogen-bond donors (Lipinski definition) is 1. The Kier molecular flexibility index (Phi) is 8.22. The van der Waals surface area contributed by atoms with E-state index in [-0.39, 0.29) is 23.3 Å². The molecule has 2 aromatic rings. The first kappa shape index (κ1) is 22.9. The molecule has 0 aromatic heterocycles. The second-order valence-corrected chi connectivity index (χ2v) is 9.22. The molecule has 0 bridgehead atoms. The van der Waals surface area contributed by atoms with Crippen LogP contribution in [0.5, 0.6) is 0 Å². The lowest BCUT2D eigenvalue weighted by Crippen LogP contribution is -2.27. The van der Waals surface area contributed by atoms with Gasteiger partial charge in [0.05, 0.1) is 23.1 Å². The van der Waals surface area contributed by atoms with Crippen LogP contribution in [-0.2, 0) is 26.0 Å². The van der Waals surface area contributed by atoms with Crippen molar-refractivity contribution in [3.8, 4) is 0 Å². The van der Waals surface area contributed by atoms with Crippen molar-refractivity contribution in [3.63, 3.8) is 0 Å². The van der Waals surface area contributed by atoms with E-state index in [0.29, 0.717) is 18.8 Å². The second kappa shape index (κ2) is 10.4. The largest absolute Gasteiger partial charge is 0.379 e. The highest BCUT2D eigenvalue weighted by molar-refractivity contribution is 7.92. The van der Waals surface area contributed by atoms with E-state index < -0.39 is 10.0 Å². The first-order valence-electron chi connectivity index (χ1n) is 9.73. The van der Waals surface area contributed by atoms with Crippen molar-refractivity contribution >= 4 is 21.6 Å². The summed E-state index contributed by atoms with van der Waals surface area (Å²) in [5.74, 6) is -0.0667. The van der Waals surface area contributed by atoms with Gasteiger partial charge in [0.15, 0.2) is 0 Å².